The maximum absolute atomic E-state index is 6.23. The number of rotatable bonds is 6. The molecule has 1 N–H and O–H groups in total. The van der Waals surface area contributed by atoms with E-state index in [0.29, 0.717) is 24.5 Å². The number of aromatic nitrogens is 4. The maximum Gasteiger partial charge on any atom is 0.222 e. The minimum absolute atomic E-state index is 0.405. The van der Waals surface area contributed by atoms with Crippen molar-refractivity contribution >= 4 is 22.7 Å². The highest BCUT2D eigenvalue weighted by molar-refractivity contribution is 5.85. The Hall–Kier alpha value is -3.00. The Bertz CT molecular complexity index is 958. The van der Waals surface area contributed by atoms with Crippen LogP contribution in [0.2, 0.25) is 0 Å². The molecule has 0 bridgehead atoms. The molecule has 3 aromatic rings. The van der Waals surface area contributed by atoms with E-state index in [4.69, 9.17) is 9.47 Å². The van der Waals surface area contributed by atoms with Crippen LogP contribution < -0.4 is 15.0 Å². The van der Waals surface area contributed by atoms with Crippen LogP contribution >= 0.6 is 0 Å². The van der Waals surface area contributed by atoms with Crippen LogP contribution in [0, 0.1) is 5.92 Å². The van der Waals surface area contributed by atoms with Crippen molar-refractivity contribution in [2.75, 3.05) is 43.1 Å². The molecule has 1 aliphatic heterocycles. The summed E-state index contributed by atoms with van der Waals surface area (Å²) in [4.78, 5) is 19.8. The summed E-state index contributed by atoms with van der Waals surface area (Å²) in [5.41, 5.74) is 2.79. The summed E-state index contributed by atoms with van der Waals surface area (Å²) in [7, 11) is 0. The molecule has 150 valence electrons. The molecule has 2 aromatic heterocycles. The predicted molar refractivity (Wildman–Crippen MR) is 110 cm³/mol. The molecule has 8 nitrogen and oxygen atoms in total. The summed E-state index contributed by atoms with van der Waals surface area (Å²) in [6.07, 6.45) is 9.04. The summed E-state index contributed by atoms with van der Waals surface area (Å²) in [5.74, 6) is 2.01. The van der Waals surface area contributed by atoms with Gasteiger partial charge in [0.15, 0.2) is 0 Å². The zero-order valence-electron chi connectivity index (χ0n) is 16.2. The number of morpholine rings is 1. The SMILES string of the molecule is c1cnc(N[C@H]2C[C@@H](COc3cc(N4CCOCC4)cc4nccnc34)C2)nc1. The van der Waals surface area contributed by atoms with Gasteiger partial charge >= 0.3 is 0 Å². The molecule has 2 fully saturated rings. The van der Waals surface area contributed by atoms with Gasteiger partial charge in [-0.05, 0) is 30.9 Å². The Labute approximate surface area is 169 Å². The minimum Gasteiger partial charge on any atom is -0.491 e. The van der Waals surface area contributed by atoms with E-state index in [-0.39, 0.29) is 0 Å². The Morgan fingerprint density at radius 2 is 1.79 bits per heavy atom. The van der Waals surface area contributed by atoms with Crippen molar-refractivity contribution < 1.29 is 9.47 Å². The molecule has 29 heavy (non-hydrogen) atoms. The fraction of sp³-hybridized carbons (Fsp3) is 0.429. The van der Waals surface area contributed by atoms with Crippen LogP contribution in [0.3, 0.4) is 0 Å². The molecule has 1 aliphatic carbocycles. The Morgan fingerprint density at radius 3 is 2.62 bits per heavy atom. The lowest BCUT2D eigenvalue weighted by atomic mass is 9.81. The van der Waals surface area contributed by atoms with Crippen molar-refractivity contribution in [3.05, 3.63) is 43.0 Å². The molecule has 0 amide bonds. The van der Waals surface area contributed by atoms with Crippen LogP contribution in [0.15, 0.2) is 43.0 Å². The molecule has 1 aromatic carbocycles. The third-order valence-corrected chi connectivity index (χ3v) is 5.51. The van der Waals surface area contributed by atoms with Crippen molar-refractivity contribution in [1.82, 2.24) is 19.9 Å². The van der Waals surface area contributed by atoms with E-state index >= 15 is 0 Å². The van der Waals surface area contributed by atoms with Gasteiger partial charge in [0.1, 0.15) is 11.3 Å². The van der Waals surface area contributed by atoms with Gasteiger partial charge in [0.25, 0.3) is 0 Å². The van der Waals surface area contributed by atoms with Crippen LogP contribution in [-0.2, 0) is 4.74 Å². The van der Waals surface area contributed by atoms with E-state index in [1.807, 2.05) is 6.07 Å². The van der Waals surface area contributed by atoms with Gasteiger partial charge in [-0.25, -0.2) is 15.0 Å². The smallest absolute Gasteiger partial charge is 0.222 e. The molecule has 0 atom stereocenters. The first-order valence-electron chi connectivity index (χ1n) is 10.1. The maximum atomic E-state index is 6.23. The number of hydrogen-bond donors (Lipinski definition) is 1. The second-order valence-corrected chi connectivity index (χ2v) is 7.53. The van der Waals surface area contributed by atoms with Crippen LogP contribution in [0.5, 0.6) is 5.75 Å². The van der Waals surface area contributed by atoms with Gasteiger partial charge in [0, 0.05) is 55.7 Å². The first-order chi connectivity index (χ1) is 14.3. The molecule has 0 unspecified atom stereocenters. The van der Waals surface area contributed by atoms with Gasteiger partial charge in [-0.3, -0.25) is 4.98 Å². The average Bonchev–Trinajstić information content (AvgIpc) is 2.76. The quantitative estimate of drug-likeness (QED) is 0.685. The van der Waals surface area contributed by atoms with E-state index in [0.717, 1.165) is 61.6 Å². The zero-order chi connectivity index (χ0) is 19.5. The van der Waals surface area contributed by atoms with Crippen molar-refractivity contribution in [1.29, 1.82) is 0 Å². The molecule has 8 heteroatoms. The first-order valence-corrected chi connectivity index (χ1v) is 10.1. The van der Waals surface area contributed by atoms with Gasteiger partial charge < -0.3 is 19.7 Å². The number of fused-ring (bicyclic) bond motifs is 1. The lowest BCUT2D eigenvalue weighted by molar-refractivity contribution is 0.122. The van der Waals surface area contributed by atoms with Crippen molar-refractivity contribution in [3.63, 3.8) is 0 Å². The first kappa shape index (κ1) is 18.1. The van der Waals surface area contributed by atoms with Crippen molar-refractivity contribution in [2.24, 2.45) is 5.92 Å². The second-order valence-electron chi connectivity index (χ2n) is 7.53. The lowest BCUT2D eigenvalue weighted by Crippen LogP contribution is -2.38. The van der Waals surface area contributed by atoms with Crippen LogP contribution in [0.25, 0.3) is 11.0 Å². The van der Waals surface area contributed by atoms with Gasteiger partial charge in [-0.2, -0.15) is 0 Å². The van der Waals surface area contributed by atoms with Crippen molar-refractivity contribution in [2.45, 2.75) is 18.9 Å². The Kier molecular flexibility index (Phi) is 5.08. The summed E-state index contributed by atoms with van der Waals surface area (Å²) in [5, 5.41) is 3.37. The summed E-state index contributed by atoms with van der Waals surface area (Å²) < 4.78 is 11.7. The molecule has 0 spiro atoms. The molecule has 5 rings (SSSR count). The second kappa shape index (κ2) is 8.16. The Balaban J connectivity index is 1.24. The largest absolute Gasteiger partial charge is 0.491 e. The molecule has 2 aliphatic rings. The molecule has 1 saturated heterocycles. The summed E-state index contributed by atoms with van der Waals surface area (Å²) in [6.45, 7) is 3.92. The molecular weight excluding hydrogens is 368 g/mol. The molecule has 0 radical (unpaired) electrons. The summed E-state index contributed by atoms with van der Waals surface area (Å²) >= 11 is 0. The van der Waals surface area contributed by atoms with E-state index < -0.39 is 0 Å². The number of benzene rings is 1. The normalized spacial score (nSPS) is 21.6. The number of nitrogens with zero attached hydrogens (tertiary/aromatic N) is 5. The van der Waals surface area contributed by atoms with E-state index in [1.54, 1.807) is 24.8 Å². The van der Waals surface area contributed by atoms with Gasteiger partial charge in [0.05, 0.1) is 25.3 Å². The van der Waals surface area contributed by atoms with E-state index in [9.17, 15) is 0 Å². The highest BCUT2D eigenvalue weighted by Gasteiger charge is 2.30. The zero-order valence-corrected chi connectivity index (χ0v) is 16.2. The molecule has 3 heterocycles. The lowest BCUT2D eigenvalue weighted by Gasteiger charge is -2.35. The fourth-order valence-corrected chi connectivity index (χ4v) is 3.90. The highest BCUT2D eigenvalue weighted by Crippen LogP contribution is 2.33. The van der Waals surface area contributed by atoms with Gasteiger partial charge in [-0.1, -0.05) is 0 Å². The van der Waals surface area contributed by atoms with Gasteiger partial charge in [0.2, 0.25) is 5.95 Å². The van der Waals surface area contributed by atoms with E-state index in [2.05, 4.69) is 42.3 Å². The third-order valence-electron chi connectivity index (χ3n) is 5.51. The standard InChI is InChI=1S/C21H24N6O2/c1-2-24-21(25-3-1)26-16-10-15(11-16)14-29-19-13-17(27-6-8-28-9-7-27)12-18-20(19)23-5-4-22-18/h1-5,12-13,15-16H,6-11,14H2,(H,24,25,26)/t15-,16+. The topological polar surface area (TPSA) is 85.3 Å². The Morgan fingerprint density at radius 1 is 1.00 bits per heavy atom. The monoisotopic (exact) mass is 392 g/mol. The van der Waals surface area contributed by atoms with Crippen LogP contribution in [0.1, 0.15) is 12.8 Å². The fourth-order valence-electron chi connectivity index (χ4n) is 3.90. The number of anilines is 2. The highest BCUT2D eigenvalue weighted by atomic mass is 16.5. The number of nitrogens with one attached hydrogen (secondary N) is 1. The van der Waals surface area contributed by atoms with Crippen LogP contribution in [0.4, 0.5) is 11.6 Å². The van der Waals surface area contributed by atoms with Gasteiger partial charge in [-0.15, -0.1) is 0 Å². The number of ether oxygens (including phenoxy) is 2. The molecular formula is C21H24N6O2. The van der Waals surface area contributed by atoms with E-state index in [1.165, 1.54) is 0 Å². The minimum atomic E-state index is 0.405. The third kappa shape index (κ3) is 4.07. The predicted octanol–water partition coefficient (Wildman–Crippen LogP) is 2.53. The van der Waals surface area contributed by atoms with Crippen LogP contribution in [-0.4, -0.2) is 58.9 Å². The summed E-state index contributed by atoms with van der Waals surface area (Å²) in [6, 6.07) is 6.40. The number of hydrogen-bond acceptors (Lipinski definition) is 8. The molecule has 1 saturated carbocycles. The average molecular weight is 392 g/mol. The van der Waals surface area contributed by atoms with Crippen molar-refractivity contribution in [3.8, 4) is 5.75 Å².